The molecule has 0 spiro atoms. The van der Waals surface area contributed by atoms with Gasteiger partial charge in [-0.25, -0.2) is 13.1 Å². The van der Waals surface area contributed by atoms with E-state index in [1.165, 1.54) is 0 Å². The predicted octanol–water partition coefficient (Wildman–Crippen LogP) is 3.93. The summed E-state index contributed by atoms with van der Waals surface area (Å²) in [6, 6.07) is 12.9. The van der Waals surface area contributed by atoms with E-state index >= 15 is 0 Å². The Bertz CT molecular complexity index is 791. The molecule has 0 amide bonds. The van der Waals surface area contributed by atoms with Crippen LogP contribution in [0.1, 0.15) is 25.0 Å². The molecular formula is C18H22BrNO3S. The molecule has 0 aliphatic heterocycles. The van der Waals surface area contributed by atoms with E-state index in [0.717, 1.165) is 21.3 Å². The van der Waals surface area contributed by atoms with E-state index in [0.29, 0.717) is 30.9 Å². The van der Waals surface area contributed by atoms with Crippen LogP contribution in [-0.2, 0) is 22.9 Å². The fraction of sp³-hybridized carbons (Fsp3) is 0.333. The maximum atomic E-state index is 12.6. The zero-order valence-corrected chi connectivity index (χ0v) is 16.3. The zero-order valence-electron chi connectivity index (χ0n) is 13.9. The molecule has 0 aliphatic carbocycles. The number of para-hydroxylation sites is 1. The van der Waals surface area contributed by atoms with Crippen LogP contribution in [0.2, 0.25) is 0 Å². The number of ether oxygens (including phenoxy) is 1. The second-order valence-electron chi connectivity index (χ2n) is 5.29. The molecule has 0 atom stereocenters. The zero-order chi connectivity index (χ0) is 17.6. The van der Waals surface area contributed by atoms with E-state index in [4.69, 9.17) is 4.74 Å². The summed E-state index contributed by atoms with van der Waals surface area (Å²) < 4.78 is 34.3. The smallest absolute Gasteiger partial charge is 0.240 e. The monoisotopic (exact) mass is 411 g/mol. The van der Waals surface area contributed by atoms with Gasteiger partial charge in [0, 0.05) is 11.0 Å². The highest BCUT2D eigenvalue weighted by Gasteiger charge is 2.17. The number of nitrogens with one attached hydrogen (secondary N) is 1. The SMILES string of the molecule is CCOc1ccccc1CCNS(=O)(=O)c1ccc(Br)cc1CC. The van der Waals surface area contributed by atoms with Gasteiger partial charge in [0.2, 0.25) is 10.0 Å². The molecule has 4 nitrogen and oxygen atoms in total. The van der Waals surface area contributed by atoms with Crippen molar-refractivity contribution in [3.63, 3.8) is 0 Å². The van der Waals surface area contributed by atoms with Gasteiger partial charge in [-0.15, -0.1) is 0 Å². The summed E-state index contributed by atoms with van der Waals surface area (Å²) >= 11 is 3.38. The van der Waals surface area contributed by atoms with Gasteiger partial charge in [-0.1, -0.05) is 41.1 Å². The Morgan fingerprint density at radius 2 is 1.83 bits per heavy atom. The lowest BCUT2D eigenvalue weighted by Crippen LogP contribution is -2.27. The lowest BCUT2D eigenvalue weighted by molar-refractivity contribution is 0.336. The molecule has 0 bridgehead atoms. The molecule has 0 aliphatic rings. The van der Waals surface area contributed by atoms with Crippen molar-refractivity contribution in [1.29, 1.82) is 0 Å². The fourth-order valence-electron chi connectivity index (χ4n) is 2.49. The Balaban J connectivity index is 2.09. The van der Waals surface area contributed by atoms with Crippen molar-refractivity contribution in [2.75, 3.05) is 13.2 Å². The van der Waals surface area contributed by atoms with Crippen LogP contribution in [0.15, 0.2) is 51.8 Å². The molecule has 1 N–H and O–H groups in total. The van der Waals surface area contributed by atoms with Crippen LogP contribution < -0.4 is 9.46 Å². The van der Waals surface area contributed by atoms with E-state index in [1.807, 2.05) is 44.2 Å². The first-order valence-corrected chi connectivity index (χ1v) is 10.2. The third-order valence-corrected chi connectivity index (χ3v) is 5.71. The maximum absolute atomic E-state index is 12.6. The topological polar surface area (TPSA) is 55.4 Å². The molecule has 0 unspecified atom stereocenters. The Morgan fingerprint density at radius 3 is 2.54 bits per heavy atom. The van der Waals surface area contributed by atoms with Crippen molar-refractivity contribution in [2.45, 2.75) is 31.6 Å². The summed E-state index contributed by atoms with van der Waals surface area (Å²) in [7, 11) is -3.53. The predicted molar refractivity (Wildman–Crippen MR) is 100 cm³/mol. The van der Waals surface area contributed by atoms with Crippen molar-refractivity contribution in [2.24, 2.45) is 0 Å². The van der Waals surface area contributed by atoms with Crippen LogP contribution in [-0.4, -0.2) is 21.6 Å². The highest BCUT2D eigenvalue weighted by molar-refractivity contribution is 9.10. The van der Waals surface area contributed by atoms with Gasteiger partial charge in [0.1, 0.15) is 5.75 Å². The summed E-state index contributed by atoms with van der Waals surface area (Å²) in [5, 5.41) is 0. The molecule has 0 saturated heterocycles. The first kappa shape index (κ1) is 19.0. The summed E-state index contributed by atoms with van der Waals surface area (Å²) in [4.78, 5) is 0.339. The van der Waals surface area contributed by atoms with Crippen molar-refractivity contribution >= 4 is 26.0 Å². The molecule has 130 valence electrons. The first-order chi connectivity index (χ1) is 11.5. The minimum absolute atomic E-state index is 0.325. The van der Waals surface area contributed by atoms with Crippen molar-refractivity contribution in [1.82, 2.24) is 4.72 Å². The van der Waals surface area contributed by atoms with Gasteiger partial charge < -0.3 is 4.74 Å². The first-order valence-electron chi connectivity index (χ1n) is 7.96. The highest BCUT2D eigenvalue weighted by atomic mass is 79.9. The number of benzene rings is 2. The van der Waals surface area contributed by atoms with E-state index in [-0.39, 0.29) is 0 Å². The normalized spacial score (nSPS) is 11.5. The average Bonchev–Trinajstić information content (AvgIpc) is 2.56. The Labute approximate surface area is 152 Å². The highest BCUT2D eigenvalue weighted by Crippen LogP contribution is 2.22. The van der Waals surface area contributed by atoms with Crippen LogP contribution in [0.25, 0.3) is 0 Å². The molecule has 0 fully saturated rings. The Hall–Kier alpha value is -1.37. The number of hydrogen-bond acceptors (Lipinski definition) is 3. The minimum atomic E-state index is -3.53. The van der Waals surface area contributed by atoms with Gasteiger partial charge in [0.05, 0.1) is 11.5 Å². The summed E-state index contributed by atoms with van der Waals surface area (Å²) in [6.45, 7) is 4.78. The average molecular weight is 412 g/mol. The van der Waals surface area contributed by atoms with E-state index < -0.39 is 10.0 Å². The summed E-state index contributed by atoms with van der Waals surface area (Å²) in [5.74, 6) is 0.803. The standard InChI is InChI=1S/C18H22BrNO3S/c1-3-14-13-16(19)9-10-18(14)24(21,22)20-12-11-15-7-5-6-8-17(15)23-4-2/h5-10,13,20H,3-4,11-12H2,1-2H3. The van der Waals surface area contributed by atoms with Crippen LogP contribution in [0, 0.1) is 0 Å². The van der Waals surface area contributed by atoms with E-state index in [9.17, 15) is 8.42 Å². The number of aryl methyl sites for hydroxylation is 1. The summed E-state index contributed by atoms with van der Waals surface area (Å²) in [5.41, 5.74) is 1.79. The molecule has 24 heavy (non-hydrogen) atoms. The van der Waals surface area contributed by atoms with Gasteiger partial charge in [0.25, 0.3) is 0 Å². The van der Waals surface area contributed by atoms with E-state index in [2.05, 4.69) is 20.7 Å². The summed E-state index contributed by atoms with van der Waals surface area (Å²) in [6.07, 6.45) is 1.23. The lowest BCUT2D eigenvalue weighted by atomic mass is 10.1. The Morgan fingerprint density at radius 1 is 1.08 bits per heavy atom. The van der Waals surface area contributed by atoms with Crippen molar-refractivity contribution in [3.8, 4) is 5.75 Å². The third-order valence-electron chi connectivity index (χ3n) is 3.65. The quantitative estimate of drug-likeness (QED) is 0.715. The molecule has 0 radical (unpaired) electrons. The van der Waals surface area contributed by atoms with Crippen molar-refractivity contribution < 1.29 is 13.2 Å². The minimum Gasteiger partial charge on any atom is -0.494 e. The van der Waals surface area contributed by atoms with Gasteiger partial charge in [-0.05, 0) is 55.2 Å². The van der Waals surface area contributed by atoms with Gasteiger partial charge in [0.15, 0.2) is 0 Å². The molecule has 0 aromatic heterocycles. The van der Waals surface area contributed by atoms with Crippen molar-refractivity contribution in [3.05, 3.63) is 58.1 Å². The third kappa shape index (κ3) is 4.82. The van der Waals surface area contributed by atoms with Gasteiger partial charge >= 0.3 is 0 Å². The molecule has 0 saturated carbocycles. The Kier molecular flexibility index (Phi) is 6.83. The maximum Gasteiger partial charge on any atom is 0.240 e. The molecule has 2 rings (SSSR count). The second-order valence-corrected chi connectivity index (χ2v) is 7.95. The molecular weight excluding hydrogens is 390 g/mol. The number of sulfonamides is 1. The molecule has 2 aromatic rings. The van der Waals surface area contributed by atoms with Gasteiger partial charge in [-0.3, -0.25) is 0 Å². The number of rotatable bonds is 8. The van der Waals surface area contributed by atoms with Crippen LogP contribution in [0.3, 0.4) is 0 Å². The van der Waals surface area contributed by atoms with E-state index in [1.54, 1.807) is 12.1 Å². The lowest BCUT2D eigenvalue weighted by Gasteiger charge is -2.13. The molecule has 2 aromatic carbocycles. The number of hydrogen-bond donors (Lipinski definition) is 1. The van der Waals surface area contributed by atoms with Crippen LogP contribution in [0.4, 0.5) is 0 Å². The van der Waals surface area contributed by atoms with Gasteiger partial charge in [-0.2, -0.15) is 0 Å². The second kappa shape index (κ2) is 8.65. The molecule has 6 heteroatoms. The van der Waals surface area contributed by atoms with Crippen LogP contribution >= 0.6 is 15.9 Å². The van der Waals surface area contributed by atoms with Crippen LogP contribution in [0.5, 0.6) is 5.75 Å². The number of halogens is 1. The molecule has 0 heterocycles. The largest absolute Gasteiger partial charge is 0.494 e. The fourth-order valence-corrected chi connectivity index (χ4v) is 4.22.